The molecular weight excluding hydrogens is 364 g/mol. The van der Waals surface area contributed by atoms with E-state index in [9.17, 15) is 4.79 Å². The Balaban J connectivity index is 2.14. The molecule has 3 rings (SSSR count). The first-order chi connectivity index (χ1) is 13.6. The molecule has 0 aliphatic rings. The van der Waals surface area contributed by atoms with Crippen molar-refractivity contribution < 1.29 is 23.7 Å². The summed E-state index contributed by atoms with van der Waals surface area (Å²) in [6.07, 6.45) is 1.48. The fourth-order valence-corrected chi connectivity index (χ4v) is 3.03. The summed E-state index contributed by atoms with van der Waals surface area (Å²) in [6, 6.07) is 7.06. The first-order valence-corrected chi connectivity index (χ1v) is 8.46. The van der Waals surface area contributed by atoms with Crippen LogP contribution in [0.5, 0.6) is 28.7 Å². The number of fused-ring (bicyclic) bond motifs is 1. The van der Waals surface area contributed by atoms with Crippen LogP contribution in [-0.4, -0.2) is 45.1 Å². The molecule has 0 bridgehead atoms. The van der Waals surface area contributed by atoms with Gasteiger partial charge in [-0.3, -0.25) is 9.36 Å². The fraction of sp³-hybridized carbons (Fsp3) is 0.300. The van der Waals surface area contributed by atoms with E-state index < -0.39 is 0 Å². The van der Waals surface area contributed by atoms with Gasteiger partial charge in [-0.2, -0.15) is 0 Å². The van der Waals surface area contributed by atoms with Crippen molar-refractivity contribution >= 4 is 10.9 Å². The van der Waals surface area contributed by atoms with Gasteiger partial charge in [0.25, 0.3) is 5.56 Å². The van der Waals surface area contributed by atoms with Gasteiger partial charge in [0.1, 0.15) is 17.0 Å². The molecule has 0 amide bonds. The van der Waals surface area contributed by atoms with Crippen LogP contribution in [0.25, 0.3) is 10.9 Å². The van der Waals surface area contributed by atoms with Crippen LogP contribution in [0.15, 0.2) is 35.4 Å². The predicted molar refractivity (Wildman–Crippen MR) is 104 cm³/mol. The van der Waals surface area contributed by atoms with Gasteiger partial charge in [0.15, 0.2) is 11.5 Å². The summed E-state index contributed by atoms with van der Waals surface area (Å²) in [7, 11) is 7.65. The van der Waals surface area contributed by atoms with Gasteiger partial charge in [0, 0.05) is 6.07 Å². The molecule has 0 saturated carbocycles. The maximum Gasteiger partial charge on any atom is 0.261 e. The smallest absolute Gasteiger partial charge is 0.261 e. The highest BCUT2D eigenvalue weighted by molar-refractivity contribution is 5.89. The standard InChI is InChI=1S/C20H22N2O6/c1-24-13-6-12(7-14(8-13)25-2)10-22-11-21-17-15(20(22)23)9-16(26-3)18(27-4)19(17)28-5/h6-9,11H,10H2,1-5H3. The third-order valence-corrected chi connectivity index (χ3v) is 4.39. The second-order valence-corrected chi connectivity index (χ2v) is 5.94. The highest BCUT2D eigenvalue weighted by Crippen LogP contribution is 2.41. The van der Waals surface area contributed by atoms with Gasteiger partial charge in [-0.25, -0.2) is 4.98 Å². The van der Waals surface area contributed by atoms with Gasteiger partial charge in [-0.15, -0.1) is 0 Å². The van der Waals surface area contributed by atoms with Crippen LogP contribution in [0.2, 0.25) is 0 Å². The number of aromatic nitrogens is 2. The minimum atomic E-state index is -0.231. The quantitative estimate of drug-likeness (QED) is 0.617. The summed E-state index contributed by atoms with van der Waals surface area (Å²) in [4.78, 5) is 17.5. The van der Waals surface area contributed by atoms with Crippen molar-refractivity contribution in [3.05, 3.63) is 46.5 Å². The van der Waals surface area contributed by atoms with E-state index in [2.05, 4.69) is 4.98 Å². The monoisotopic (exact) mass is 386 g/mol. The van der Waals surface area contributed by atoms with E-state index in [0.29, 0.717) is 46.2 Å². The van der Waals surface area contributed by atoms with Crippen molar-refractivity contribution in [2.24, 2.45) is 0 Å². The van der Waals surface area contributed by atoms with Crippen LogP contribution in [0.3, 0.4) is 0 Å². The molecule has 8 heteroatoms. The maximum absolute atomic E-state index is 13.1. The van der Waals surface area contributed by atoms with Crippen molar-refractivity contribution in [3.8, 4) is 28.7 Å². The van der Waals surface area contributed by atoms with Crippen molar-refractivity contribution in [2.75, 3.05) is 35.5 Å². The minimum Gasteiger partial charge on any atom is -0.497 e. The van der Waals surface area contributed by atoms with Gasteiger partial charge < -0.3 is 23.7 Å². The van der Waals surface area contributed by atoms with Crippen molar-refractivity contribution in [1.82, 2.24) is 9.55 Å². The minimum absolute atomic E-state index is 0.231. The van der Waals surface area contributed by atoms with E-state index >= 15 is 0 Å². The largest absolute Gasteiger partial charge is 0.497 e. The molecule has 3 aromatic rings. The molecule has 0 radical (unpaired) electrons. The first kappa shape index (κ1) is 19.3. The summed E-state index contributed by atoms with van der Waals surface area (Å²) >= 11 is 0. The molecule has 0 saturated heterocycles. The number of hydrogen-bond acceptors (Lipinski definition) is 7. The molecule has 1 heterocycles. The lowest BCUT2D eigenvalue weighted by molar-refractivity contribution is 0.326. The van der Waals surface area contributed by atoms with E-state index in [1.807, 2.05) is 12.1 Å². The molecule has 0 unspecified atom stereocenters. The summed E-state index contributed by atoms with van der Waals surface area (Å²) in [5.41, 5.74) is 1.02. The normalized spacial score (nSPS) is 10.6. The molecule has 28 heavy (non-hydrogen) atoms. The summed E-state index contributed by atoms with van der Waals surface area (Å²) < 4.78 is 28.2. The van der Waals surface area contributed by atoms with Crippen LogP contribution in [-0.2, 0) is 6.54 Å². The van der Waals surface area contributed by atoms with E-state index in [4.69, 9.17) is 23.7 Å². The zero-order valence-electron chi connectivity index (χ0n) is 16.4. The molecule has 0 atom stereocenters. The third kappa shape index (κ3) is 3.40. The number of rotatable bonds is 7. The predicted octanol–water partition coefficient (Wildman–Crippen LogP) is 2.49. The number of benzene rings is 2. The molecule has 0 aliphatic carbocycles. The van der Waals surface area contributed by atoms with Crippen LogP contribution >= 0.6 is 0 Å². The summed E-state index contributed by atoms with van der Waals surface area (Å²) in [5.74, 6) is 2.42. The molecule has 0 fully saturated rings. The molecule has 1 aromatic heterocycles. The van der Waals surface area contributed by atoms with Gasteiger partial charge in [0.2, 0.25) is 5.75 Å². The first-order valence-electron chi connectivity index (χ1n) is 8.46. The van der Waals surface area contributed by atoms with Crippen molar-refractivity contribution in [1.29, 1.82) is 0 Å². The average Bonchev–Trinajstić information content (AvgIpc) is 2.73. The molecule has 2 aromatic carbocycles. The topological polar surface area (TPSA) is 81.0 Å². The van der Waals surface area contributed by atoms with E-state index in [1.54, 1.807) is 26.4 Å². The Hall–Kier alpha value is -3.42. The second kappa shape index (κ2) is 8.08. The Labute approximate surface area is 162 Å². The van der Waals surface area contributed by atoms with E-state index in [-0.39, 0.29) is 5.56 Å². The fourth-order valence-electron chi connectivity index (χ4n) is 3.03. The van der Waals surface area contributed by atoms with Crippen LogP contribution < -0.4 is 29.2 Å². The van der Waals surface area contributed by atoms with Crippen LogP contribution in [0.1, 0.15) is 5.56 Å². The number of hydrogen-bond donors (Lipinski definition) is 0. The Morgan fingerprint density at radius 2 is 1.46 bits per heavy atom. The molecule has 148 valence electrons. The van der Waals surface area contributed by atoms with Crippen molar-refractivity contribution in [2.45, 2.75) is 6.54 Å². The molecule has 8 nitrogen and oxygen atoms in total. The highest BCUT2D eigenvalue weighted by Gasteiger charge is 2.19. The second-order valence-electron chi connectivity index (χ2n) is 5.94. The number of ether oxygens (including phenoxy) is 5. The number of methoxy groups -OCH3 is 5. The molecule has 0 aliphatic heterocycles. The van der Waals surface area contributed by atoms with E-state index in [0.717, 1.165) is 5.56 Å². The Morgan fingerprint density at radius 1 is 0.821 bits per heavy atom. The number of nitrogens with zero attached hydrogens (tertiary/aromatic N) is 2. The lowest BCUT2D eigenvalue weighted by Crippen LogP contribution is -2.21. The van der Waals surface area contributed by atoms with Gasteiger partial charge in [-0.1, -0.05) is 0 Å². The van der Waals surface area contributed by atoms with E-state index in [1.165, 1.54) is 32.2 Å². The Morgan fingerprint density at radius 3 is 2.00 bits per heavy atom. The third-order valence-electron chi connectivity index (χ3n) is 4.39. The SMILES string of the molecule is COc1cc(Cn2cnc3c(OC)c(OC)c(OC)cc3c2=O)cc(OC)c1. The van der Waals surface area contributed by atoms with Gasteiger partial charge in [-0.05, 0) is 23.8 Å². The van der Waals surface area contributed by atoms with Gasteiger partial charge in [0.05, 0.1) is 53.8 Å². The molecule has 0 N–H and O–H groups in total. The highest BCUT2D eigenvalue weighted by atomic mass is 16.5. The Bertz CT molecular complexity index is 1040. The zero-order valence-corrected chi connectivity index (χ0v) is 16.4. The summed E-state index contributed by atoms with van der Waals surface area (Å²) in [5, 5.41) is 0.367. The molecular formula is C20H22N2O6. The van der Waals surface area contributed by atoms with Gasteiger partial charge >= 0.3 is 0 Å². The lowest BCUT2D eigenvalue weighted by atomic mass is 10.1. The van der Waals surface area contributed by atoms with Crippen LogP contribution in [0, 0.1) is 0 Å². The maximum atomic E-state index is 13.1. The average molecular weight is 386 g/mol. The lowest BCUT2D eigenvalue weighted by Gasteiger charge is -2.15. The Kier molecular flexibility index (Phi) is 5.58. The van der Waals surface area contributed by atoms with Crippen LogP contribution in [0.4, 0.5) is 0 Å². The van der Waals surface area contributed by atoms with Crippen molar-refractivity contribution in [3.63, 3.8) is 0 Å². The summed E-state index contributed by atoms with van der Waals surface area (Å²) in [6.45, 7) is 0.298. The zero-order chi connectivity index (χ0) is 20.3. The molecule has 0 spiro atoms.